The van der Waals surface area contributed by atoms with Gasteiger partial charge in [-0.1, -0.05) is 23.7 Å². The molecular weight excluding hydrogens is 388 g/mol. The molecule has 29 heavy (non-hydrogen) atoms. The number of ether oxygens (including phenoxy) is 1. The molecule has 2 N–H and O–H groups in total. The van der Waals surface area contributed by atoms with Crippen LogP contribution in [-0.4, -0.2) is 30.4 Å². The number of aliphatic imine (C=N–C) groups is 1. The summed E-state index contributed by atoms with van der Waals surface area (Å²) >= 11 is 6.48. The topological polar surface area (TPSA) is 70.9 Å². The number of nitrogens with one attached hydrogen (secondary N) is 1. The lowest BCUT2D eigenvalue weighted by atomic mass is 9.97. The fraction of sp³-hybridized carbons (Fsp3) is 0.217. The molecule has 150 valence electrons. The fourth-order valence-electron chi connectivity index (χ4n) is 3.19. The van der Waals surface area contributed by atoms with Gasteiger partial charge in [0.1, 0.15) is 11.5 Å². The van der Waals surface area contributed by atoms with Crippen LogP contribution >= 0.6 is 11.6 Å². The highest BCUT2D eigenvalue weighted by atomic mass is 35.5. The van der Waals surface area contributed by atoms with E-state index < -0.39 is 0 Å². The van der Waals surface area contributed by atoms with Crippen LogP contribution in [0.5, 0.6) is 5.75 Å². The largest absolute Gasteiger partial charge is 0.507 e. The first kappa shape index (κ1) is 20.7. The Hall–Kier alpha value is -3.05. The van der Waals surface area contributed by atoms with Crippen molar-refractivity contribution in [3.8, 4) is 16.9 Å². The molecule has 0 aromatic heterocycles. The average Bonchev–Trinajstić information content (AvgIpc) is 3.01. The number of allylic oxidation sites excluding steroid dienone is 2. The zero-order valence-electron chi connectivity index (χ0n) is 16.8. The Kier molecular flexibility index (Phi) is 6.09. The van der Waals surface area contributed by atoms with Crippen LogP contribution in [0, 0.1) is 0 Å². The van der Waals surface area contributed by atoms with Gasteiger partial charge in [0.15, 0.2) is 0 Å². The molecule has 2 aromatic carbocycles. The van der Waals surface area contributed by atoms with Crippen molar-refractivity contribution >= 4 is 34.5 Å². The molecule has 3 rings (SSSR count). The molecule has 1 aliphatic heterocycles. The fourth-order valence-corrected chi connectivity index (χ4v) is 3.46. The summed E-state index contributed by atoms with van der Waals surface area (Å²) < 4.78 is 5.49. The molecule has 1 aliphatic rings. The summed E-state index contributed by atoms with van der Waals surface area (Å²) in [6.45, 7) is 6.09. The molecule has 0 fully saturated rings. The predicted molar refractivity (Wildman–Crippen MR) is 119 cm³/mol. The quantitative estimate of drug-likeness (QED) is 0.379. The van der Waals surface area contributed by atoms with Crippen molar-refractivity contribution in [2.24, 2.45) is 4.99 Å². The monoisotopic (exact) mass is 410 g/mol. The van der Waals surface area contributed by atoms with E-state index in [1.54, 1.807) is 26.1 Å². The van der Waals surface area contributed by atoms with Crippen molar-refractivity contribution in [1.29, 1.82) is 0 Å². The summed E-state index contributed by atoms with van der Waals surface area (Å²) in [5, 5.41) is 14.0. The lowest BCUT2D eigenvalue weighted by Gasteiger charge is -2.10. The van der Waals surface area contributed by atoms with Crippen LogP contribution in [0.2, 0.25) is 5.02 Å². The van der Waals surface area contributed by atoms with E-state index in [9.17, 15) is 9.90 Å². The number of nitrogens with zero attached hydrogens (tertiary/aromatic N) is 1. The minimum Gasteiger partial charge on any atom is -0.507 e. The van der Waals surface area contributed by atoms with Gasteiger partial charge in [-0.25, -0.2) is 0 Å². The number of benzene rings is 2. The van der Waals surface area contributed by atoms with Crippen LogP contribution in [0.3, 0.4) is 0 Å². The van der Waals surface area contributed by atoms with Gasteiger partial charge in [-0.05, 0) is 62.2 Å². The molecular formula is C23H23ClN2O3. The summed E-state index contributed by atoms with van der Waals surface area (Å²) in [4.78, 5) is 16.6. The maximum absolute atomic E-state index is 12.6. The summed E-state index contributed by atoms with van der Waals surface area (Å²) in [7, 11) is 1.67. The Morgan fingerprint density at radius 3 is 2.52 bits per heavy atom. The van der Waals surface area contributed by atoms with Gasteiger partial charge in [0.2, 0.25) is 0 Å². The first-order chi connectivity index (χ1) is 13.8. The SMILES string of the molecule is CCOc1ccc(-c2cc3c(cc2Cl)NC(=O)C3=C(O)C(C)=C/C(C)=N\C)cc1. The van der Waals surface area contributed by atoms with E-state index in [1.165, 1.54) is 0 Å². The zero-order chi connectivity index (χ0) is 21.1. The van der Waals surface area contributed by atoms with Crippen LogP contribution < -0.4 is 10.1 Å². The molecule has 0 unspecified atom stereocenters. The lowest BCUT2D eigenvalue weighted by molar-refractivity contribution is -0.110. The smallest absolute Gasteiger partial charge is 0.260 e. The Morgan fingerprint density at radius 1 is 1.21 bits per heavy atom. The van der Waals surface area contributed by atoms with Gasteiger partial charge < -0.3 is 15.2 Å². The molecule has 2 aromatic rings. The Morgan fingerprint density at radius 2 is 1.90 bits per heavy atom. The molecule has 6 heteroatoms. The predicted octanol–water partition coefficient (Wildman–Crippen LogP) is 5.66. The molecule has 0 spiro atoms. The number of rotatable bonds is 5. The minimum atomic E-state index is -0.365. The molecule has 1 heterocycles. The van der Waals surface area contributed by atoms with Gasteiger partial charge >= 0.3 is 0 Å². The summed E-state index contributed by atoms with van der Waals surface area (Å²) in [5.74, 6) is 0.331. The number of carbonyl (C=O) groups excluding carboxylic acids is 1. The molecule has 5 nitrogen and oxygen atoms in total. The highest BCUT2D eigenvalue weighted by Gasteiger charge is 2.29. The number of hydrogen-bond acceptors (Lipinski definition) is 4. The number of carbonyl (C=O) groups is 1. The Labute approximate surface area is 175 Å². The summed E-state index contributed by atoms with van der Waals surface area (Å²) in [6.07, 6.45) is 1.73. The maximum Gasteiger partial charge on any atom is 0.260 e. The first-order valence-corrected chi connectivity index (χ1v) is 9.67. The second-order valence-electron chi connectivity index (χ2n) is 6.71. The van der Waals surface area contributed by atoms with E-state index in [4.69, 9.17) is 16.3 Å². The standard InChI is InChI=1S/C23H23ClN2O3/c1-5-29-16-8-6-15(7-9-16)17-11-18-20(12-19(17)24)26-23(28)21(18)22(27)13(2)10-14(3)25-4/h6-12,27H,5H2,1-4H3,(H,26,28)/b13-10?,22-21?,25-14-. The van der Waals surface area contributed by atoms with Crippen LogP contribution in [0.4, 0.5) is 5.69 Å². The maximum atomic E-state index is 12.6. The Bertz CT molecular complexity index is 1050. The van der Waals surface area contributed by atoms with E-state index in [0.717, 1.165) is 22.6 Å². The molecule has 0 bridgehead atoms. The van der Waals surface area contributed by atoms with Crippen molar-refractivity contribution in [2.45, 2.75) is 20.8 Å². The number of halogens is 1. The van der Waals surface area contributed by atoms with Gasteiger partial charge in [-0.15, -0.1) is 0 Å². The van der Waals surface area contributed by atoms with Crippen LogP contribution in [0.15, 0.2) is 58.8 Å². The molecule has 0 saturated heterocycles. The highest BCUT2D eigenvalue weighted by Crippen LogP contribution is 2.41. The summed E-state index contributed by atoms with van der Waals surface area (Å²) in [5.41, 5.74) is 4.37. The highest BCUT2D eigenvalue weighted by molar-refractivity contribution is 6.37. The van der Waals surface area contributed by atoms with Crippen molar-refractivity contribution in [3.63, 3.8) is 0 Å². The van der Waals surface area contributed by atoms with Crippen LogP contribution in [-0.2, 0) is 4.79 Å². The normalized spacial score (nSPS) is 15.8. The third kappa shape index (κ3) is 4.20. The molecule has 1 amide bonds. The minimum absolute atomic E-state index is 0.0794. The third-order valence-electron chi connectivity index (χ3n) is 4.72. The van der Waals surface area contributed by atoms with Crippen molar-refractivity contribution in [3.05, 3.63) is 64.4 Å². The van der Waals surface area contributed by atoms with E-state index in [1.807, 2.05) is 44.2 Å². The van der Waals surface area contributed by atoms with E-state index in [2.05, 4.69) is 10.3 Å². The van der Waals surface area contributed by atoms with E-state index in [-0.39, 0.29) is 17.2 Å². The zero-order valence-corrected chi connectivity index (χ0v) is 17.6. The Balaban J connectivity index is 2.10. The molecule has 0 aliphatic carbocycles. The first-order valence-electron chi connectivity index (χ1n) is 9.29. The average molecular weight is 411 g/mol. The number of anilines is 1. The van der Waals surface area contributed by atoms with E-state index >= 15 is 0 Å². The van der Waals surface area contributed by atoms with Crippen LogP contribution in [0.25, 0.3) is 16.7 Å². The van der Waals surface area contributed by atoms with Gasteiger partial charge in [0.05, 0.1) is 22.9 Å². The second-order valence-corrected chi connectivity index (χ2v) is 7.11. The van der Waals surface area contributed by atoms with E-state index in [0.29, 0.717) is 28.5 Å². The van der Waals surface area contributed by atoms with Gasteiger partial charge in [0.25, 0.3) is 5.91 Å². The number of fused-ring (bicyclic) bond motifs is 1. The van der Waals surface area contributed by atoms with Crippen LogP contribution in [0.1, 0.15) is 26.3 Å². The molecule has 0 saturated carbocycles. The lowest BCUT2D eigenvalue weighted by Crippen LogP contribution is -2.07. The number of amides is 1. The van der Waals surface area contributed by atoms with Gasteiger partial charge in [0, 0.05) is 23.9 Å². The molecule has 0 atom stereocenters. The van der Waals surface area contributed by atoms with Crippen molar-refractivity contribution in [1.82, 2.24) is 0 Å². The van der Waals surface area contributed by atoms with Crippen molar-refractivity contribution in [2.75, 3.05) is 19.0 Å². The van der Waals surface area contributed by atoms with Crippen molar-refractivity contribution < 1.29 is 14.6 Å². The van der Waals surface area contributed by atoms with Gasteiger partial charge in [-0.3, -0.25) is 9.79 Å². The number of hydrogen-bond donors (Lipinski definition) is 2. The molecule has 0 radical (unpaired) electrons. The number of aliphatic hydroxyl groups is 1. The third-order valence-corrected chi connectivity index (χ3v) is 5.03. The van der Waals surface area contributed by atoms with Gasteiger partial charge in [-0.2, -0.15) is 0 Å². The second kappa shape index (κ2) is 8.53. The number of aliphatic hydroxyl groups excluding tert-OH is 1. The summed E-state index contributed by atoms with van der Waals surface area (Å²) in [6, 6.07) is 11.1.